The van der Waals surface area contributed by atoms with E-state index in [1.54, 1.807) is 34.1 Å². The van der Waals surface area contributed by atoms with E-state index < -0.39 is 23.5 Å². The lowest BCUT2D eigenvalue weighted by Gasteiger charge is -2.38. The van der Waals surface area contributed by atoms with Crippen LogP contribution >= 0.6 is 0 Å². The number of hydrogen-bond donors (Lipinski definition) is 4. The van der Waals surface area contributed by atoms with E-state index >= 15 is 0 Å². The van der Waals surface area contributed by atoms with Gasteiger partial charge < -0.3 is 35.9 Å². The monoisotopic (exact) mass is 517 g/mol. The maximum Gasteiger partial charge on any atom is 0.407 e. The summed E-state index contributed by atoms with van der Waals surface area (Å²) in [4.78, 5) is 52.8. The quantitative estimate of drug-likeness (QED) is 0.120. The van der Waals surface area contributed by atoms with E-state index in [9.17, 15) is 24.3 Å². The fourth-order valence-corrected chi connectivity index (χ4v) is 4.76. The number of nitrogens with two attached hydrogens (primary N) is 1. The van der Waals surface area contributed by atoms with E-state index in [2.05, 4.69) is 10.5 Å². The van der Waals surface area contributed by atoms with Gasteiger partial charge in [0.05, 0.1) is 12.0 Å². The summed E-state index contributed by atoms with van der Waals surface area (Å²) in [7, 11) is 0. The minimum Gasteiger partial charge on any atom is -0.480 e. The Bertz CT molecular complexity index is 1020. The third-order valence-corrected chi connectivity index (χ3v) is 7.14. The second kappa shape index (κ2) is 12.4. The van der Waals surface area contributed by atoms with Gasteiger partial charge in [0.2, 0.25) is 11.8 Å². The molecule has 12 heteroatoms. The van der Waals surface area contributed by atoms with E-state index in [1.807, 2.05) is 6.92 Å². The van der Waals surface area contributed by atoms with Crippen LogP contribution in [0.15, 0.2) is 29.4 Å². The molecule has 1 atom stereocenters. The molecule has 12 nitrogen and oxygen atoms in total. The number of anilines is 1. The maximum atomic E-state index is 13.3. The van der Waals surface area contributed by atoms with Crippen LogP contribution in [0.5, 0.6) is 0 Å². The molecule has 3 rings (SSSR count). The topological polar surface area (TPSA) is 175 Å². The molecule has 2 heterocycles. The van der Waals surface area contributed by atoms with Crippen molar-refractivity contribution in [2.75, 3.05) is 31.1 Å². The highest BCUT2D eigenvalue weighted by molar-refractivity contribution is 6.01. The summed E-state index contributed by atoms with van der Waals surface area (Å²) in [6.45, 7) is 3.53. The number of aliphatic carboxylic acids is 1. The van der Waals surface area contributed by atoms with Crippen LogP contribution in [0.2, 0.25) is 0 Å². The molecular formula is C25H35N5O7. The van der Waals surface area contributed by atoms with Crippen molar-refractivity contribution in [1.29, 1.82) is 0 Å². The molecule has 202 valence electrons. The highest BCUT2D eigenvalue weighted by Crippen LogP contribution is 2.43. The van der Waals surface area contributed by atoms with Crippen molar-refractivity contribution in [1.82, 2.24) is 10.2 Å². The number of benzene rings is 1. The molecule has 0 saturated carbocycles. The van der Waals surface area contributed by atoms with E-state index in [1.165, 1.54) is 0 Å². The van der Waals surface area contributed by atoms with Gasteiger partial charge in [-0.05, 0) is 56.4 Å². The second-order valence-electron chi connectivity index (χ2n) is 9.46. The Morgan fingerprint density at radius 1 is 1.16 bits per heavy atom. The molecule has 2 aliphatic heterocycles. The van der Waals surface area contributed by atoms with Crippen molar-refractivity contribution in [2.24, 2.45) is 16.3 Å². The van der Waals surface area contributed by atoms with Crippen LogP contribution in [-0.4, -0.2) is 77.2 Å². The summed E-state index contributed by atoms with van der Waals surface area (Å²) in [6, 6.07) is 5.68. The van der Waals surface area contributed by atoms with Gasteiger partial charge in [-0.1, -0.05) is 18.5 Å². The zero-order chi connectivity index (χ0) is 27.0. The van der Waals surface area contributed by atoms with E-state index in [0.29, 0.717) is 50.9 Å². The lowest BCUT2D eigenvalue weighted by molar-refractivity contribution is -0.141. The fraction of sp³-hybridized carbons (Fsp3) is 0.560. The first kappa shape index (κ1) is 27.8. The first-order valence-corrected chi connectivity index (χ1v) is 12.5. The number of unbranched alkanes of at least 4 members (excludes halogenated alkanes) is 1. The third-order valence-electron chi connectivity index (χ3n) is 7.14. The second-order valence-corrected chi connectivity index (χ2v) is 9.46. The summed E-state index contributed by atoms with van der Waals surface area (Å²) in [5.74, 6) is -1.42. The van der Waals surface area contributed by atoms with Crippen molar-refractivity contribution in [3.8, 4) is 0 Å². The molecule has 1 aromatic carbocycles. The van der Waals surface area contributed by atoms with Crippen LogP contribution < -0.4 is 16.0 Å². The number of nitrogens with zero attached hydrogens (tertiary/aromatic N) is 3. The van der Waals surface area contributed by atoms with Gasteiger partial charge in [0.25, 0.3) is 0 Å². The molecule has 1 aromatic rings. The average molecular weight is 518 g/mol. The molecule has 5 N–H and O–H groups in total. The van der Waals surface area contributed by atoms with Crippen molar-refractivity contribution < 1.29 is 34.2 Å². The van der Waals surface area contributed by atoms with E-state index in [-0.39, 0.29) is 37.1 Å². The average Bonchev–Trinajstić information content (AvgIpc) is 3.21. The van der Waals surface area contributed by atoms with Gasteiger partial charge in [-0.15, -0.1) is 0 Å². The van der Waals surface area contributed by atoms with E-state index in [0.717, 1.165) is 12.1 Å². The van der Waals surface area contributed by atoms with Gasteiger partial charge in [0, 0.05) is 37.3 Å². The number of carbonyl (C=O) groups is 4. The molecule has 0 aliphatic carbocycles. The number of likely N-dealkylation sites (tertiary alicyclic amines) is 1. The normalized spacial score (nSPS) is 18.1. The van der Waals surface area contributed by atoms with Crippen LogP contribution in [0.1, 0.15) is 57.4 Å². The van der Waals surface area contributed by atoms with Crippen LogP contribution in [0.3, 0.4) is 0 Å². The molecule has 0 aromatic heterocycles. The maximum absolute atomic E-state index is 13.3. The van der Waals surface area contributed by atoms with Crippen LogP contribution in [0.4, 0.5) is 10.5 Å². The summed E-state index contributed by atoms with van der Waals surface area (Å²) in [5, 5.41) is 23.5. The zero-order valence-corrected chi connectivity index (χ0v) is 21.0. The summed E-state index contributed by atoms with van der Waals surface area (Å²) < 4.78 is 4.95. The van der Waals surface area contributed by atoms with Crippen molar-refractivity contribution in [3.05, 3.63) is 29.8 Å². The number of carboxylic acids is 1. The molecule has 37 heavy (non-hydrogen) atoms. The van der Waals surface area contributed by atoms with Crippen molar-refractivity contribution in [2.45, 2.75) is 57.9 Å². The van der Waals surface area contributed by atoms with Gasteiger partial charge in [-0.3, -0.25) is 9.59 Å². The van der Waals surface area contributed by atoms with Crippen molar-refractivity contribution in [3.63, 3.8) is 0 Å². The fourth-order valence-electron chi connectivity index (χ4n) is 4.76. The predicted octanol–water partition coefficient (Wildman–Crippen LogP) is 1.89. The highest BCUT2D eigenvalue weighted by atomic mass is 16.5. The number of ether oxygens (including phenoxy) is 1. The van der Waals surface area contributed by atoms with Crippen LogP contribution in [0.25, 0.3) is 0 Å². The number of amidine groups is 1. The predicted molar refractivity (Wildman–Crippen MR) is 134 cm³/mol. The lowest BCUT2D eigenvalue weighted by atomic mass is 9.77. The largest absolute Gasteiger partial charge is 0.480 e. The Labute approximate surface area is 215 Å². The molecule has 2 fully saturated rings. The highest BCUT2D eigenvalue weighted by Gasteiger charge is 2.49. The Kier molecular flexibility index (Phi) is 9.31. The standard InChI is InChI=1S/C25H35N5O7/c1-2-3-16-37-24(35)27-19(22(32)33)8-9-20(31)29-13-10-25(11-14-29)12-15-30(23(25)34)18-6-4-17(5-7-18)21(26)28-36/h4-7,19,36H,2-3,8-16H2,1H3,(H2,26,28)(H,27,35)(H,32,33)/t19-/m0/s1. The minimum absolute atomic E-state index is 0.00910. The van der Waals surface area contributed by atoms with Crippen LogP contribution in [-0.2, 0) is 19.1 Å². The van der Waals surface area contributed by atoms with Gasteiger partial charge in [-0.25, -0.2) is 9.59 Å². The Morgan fingerprint density at radius 3 is 2.41 bits per heavy atom. The third kappa shape index (κ3) is 6.69. The number of carbonyl (C=O) groups excluding carboxylic acids is 3. The summed E-state index contributed by atoms with van der Waals surface area (Å²) in [6.07, 6.45) is 2.37. The number of piperidine rings is 1. The molecule has 2 aliphatic rings. The summed E-state index contributed by atoms with van der Waals surface area (Å²) in [5.41, 5.74) is 6.35. The lowest BCUT2D eigenvalue weighted by Crippen LogP contribution is -2.47. The summed E-state index contributed by atoms with van der Waals surface area (Å²) >= 11 is 0. The number of hydrogen-bond acceptors (Lipinski definition) is 7. The Balaban J connectivity index is 1.50. The molecule has 0 unspecified atom stereocenters. The number of alkyl carbamates (subject to hydrolysis) is 1. The number of amides is 3. The molecule has 1 spiro atoms. The Hall–Kier alpha value is -3.83. The first-order valence-electron chi connectivity index (χ1n) is 12.5. The first-order chi connectivity index (χ1) is 17.7. The minimum atomic E-state index is -1.23. The SMILES string of the molecule is CCCCOC(=O)N[C@@H](CCC(=O)N1CCC2(CC1)CCN(c1ccc(/C(N)=N\O)cc1)C2=O)C(=O)O. The molecule has 0 bridgehead atoms. The molecule has 3 amide bonds. The molecule has 2 saturated heterocycles. The van der Waals surface area contributed by atoms with Gasteiger partial charge >= 0.3 is 12.1 Å². The number of nitrogens with one attached hydrogen (secondary N) is 1. The van der Waals surface area contributed by atoms with E-state index in [4.69, 9.17) is 15.7 Å². The number of rotatable bonds is 10. The number of oxime groups is 1. The van der Waals surface area contributed by atoms with Gasteiger partial charge in [0.1, 0.15) is 6.04 Å². The Morgan fingerprint density at radius 2 is 1.81 bits per heavy atom. The smallest absolute Gasteiger partial charge is 0.407 e. The molecular weight excluding hydrogens is 482 g/mol. The van der Waals surface area contributed by atoms with Crippen LogP contribution in [0, 0.1) is 5.41 Å². The number of carboxylic acid groups (broad SMARTS) is 1. The van der Waals surface area contributed by atoms with Gasteiger partial charge in [0.15, 0.2) is 5.84 Å². The van der Waals surface area contributed by atoms with Gasteiger partial charge in [-0.2, -0.15) is 0 Å². The zero-order valence-electron chi connectivity index (χ0n) is 21.0. The van der Waals surface area contributed by atoms with Crippen molar-refractivity contribution >= 4 is 35.4 Å². The molecule has 0 radical (unpaired) electrons.